The topological polar surface area (TPSA) is 26.3 Å². The molecule has 0 heterocycles. The maximum atomic E-state index is 11.8. The van der Waals surface area contributed by atoms with Gasteiger partial charge in [-0.2, -0.15) is 0 Å². The van der Waals surface area contributed by atoms with Crippen LogP contribution in [0.2, 0.25) is 5.02 Å². The van der Waals surface area contributed by atoms with Crippen LogP contribution < -0.4 is 4.74 Å². The highest BCUT2D eigenvalue weighted by Crippen LogP contribution is 2.19. The average molecular weight is 289 g/mol. The van der Waals surface area contributed by atoms with Crippen LogP contribution in [-0.4, -0.2) is 5.97 Å². The van der Waals surface area contributed by atoms with E-state index < -0.39 is 0 Å². The van der Waals surface area contributed by atoms with Gasteiger partial charge in [-0.25, -0.2) is 0 Å². The molecule has 0 N–H and O–H groups in total. The molecule has 0 aromatic heterocycles. The van der Waals surface area contributed by atoms with E-state index in [2.05, 4.69) is 13.8 Å². The number of benzene rings is 2. The van der Waals surface area contributed by atoms with Crippen molar-refractivity contribution in [2.75, 3.05) is 0 Å². The summed E-state index contributed by atoms with van der Waals surface area (Å²) in [6, 6.07) is 14.8. The number of carbonyl (C=O) groups excluding carboxylic acids is 1. The van der Waals surface area contributed by atoms with Crippen molar-refractivity contribution in [3.8, 4) is 5.75 Å². The summed E-state index contributed by atoms with van der Waals surface area (Å²) in [6.07, 6.45) is 0.239. The molecular weight excluding hydrogens is 272 g/mol. The maximum Gasteiger partial charge on any atom is 0.315 e. The summed E-state index contributed by atoms with van der Waals surface area (Å²) >= 11 is 5.80. The van der Waals surface area contributed by atoms with Crippen LogP contribution in [0.4, 0.5) is 0 Å². The predicted molar refractivity (Wildman–Crippen MR) is 81.3 cm³/mol. The van der Waals surface area contributed by atoms with Crippen molar-refractivity contribution >= 4 is 17.6 Å². The lowest BCUT2D eigenvalue weighted by molar-refractivity contribution is -0.133. The molecule has 2 nitrogen and oxygen atoms in total. The van der Waals surface area contributed by atoms with Gasteiger partial charge in [0.25, 0.3) is 0 Å². The minimum Gasteiger partial charge on any atom is -0.426 e. The van der Waals surface area contributed by atoms with Crippen molar-refractivity contribution in [3.63, 3.8) is 0 Å². The fraction of sp³-hybridized carbons (Fsp3) is 0.235. The zero-order chi connectivity index (χ0) is 14.5. The zero-order valence-electron chi connectivity index (χ0n) is 11.6. The molecule has 0 unspecified atom stereocenters. The molecule has 0 amide bonds. The Balaban J connectivity index is 1.95. The molecule has 0 radical (unpaired) electrons. The van der Waals surface area contributed by atoms with Gasteiger partial charge in [0.2, 0.25) is 0 Å². The molecule has 3 heteroatoms. The summed E-state index contributed by atoms with van der Waals surface area (Å²) in [5.41, 5.74) is 2.11. The van der Waals surface area contributed by atoms with E-state index in [9.17, 15) is 4.79 Å². The number of esters is 1. The predicted octanol–water partition coefficient (Wildman–Crippen LogP) is 4.61. The van der Waals surface area contributed by atoms with Gasteiger partial charge in [-0.1, -0.05) is 49.7 Å². The third-order valence-corrected chi connectivity index (χ3v) is 3.29. The molecular formula is C17H17ClO2. The molecule has 0 aliphatic carbocycles. The third kappa shape index (κ3) is 4.10. The highest BCUT2D eigenvalue weighted by atomic mass is 35.5. The van der Waals surface area contributed by atoms with Crippen LogP contribution in [0.5, 0.6) is 5.75 Å². The van der Waals surface area contributed by atoms with E-state index in [-0.39, 0.29) is 12.4 Å². The molecule has 2 rings (SSSR count). The lowest BCUT2D eigenvalue weighted by Gasteiger charge is -2.07. The molecule has 104 valence electrons. The van der Waals surface area contributed by atoms with Gasteiger partial charge in [0.05, 0.1) is 6.42 Å². The Labute approximate surface area is 124 Å². The van der Waals surface area contributed by atoms with Gasteiger partial charge in [-0.3, -0.25) is 4.79 Å². The highest BCUT2D eigenvalue weighted by Gasteiger charge is 2.07. The Bertz CT molecular complexity index is 571. The molecule has 0 bridgehead atoms. The lowest BCUT2D eigenvalue weighted by atomic mass is 10.0. The van der Waals surface area contributed by atoms with Crippen molar-refractivity contribution < 1.29 is 9.53 Å². The van der Waals surface area contributed by atoms with Gasteiger partial charge in [0.1, 0.15) is 5.75 Å². The van der Waals surface area contributed by atoms with E-state index in [1.165, 1.54) is 5.56 Å². The Kier molecular flexibility index (Phi) is 4.80. The fourth-order valence-corrected chi connectivity index (χ4v) is 1.98. The van der Waals surface area contributed by atoms with Crippen LogP contribution in [0, 0.1) is 0 Å². The molecule has 0 fully saturated rings. The number of halogens is 1. The van der Waals surface area contributed by atoms with Crippen LogP contribution in [0.3, 0.4) is 0 Å². The minimum absolute atomic E-state index is 0.239. The fourth-order valence-electron chi connectivity index (χ4n) is 1.86. The molecule has 2 aromatic carbocycles. The van der Waals surface area contributed by atoms with Crippen LogP contribution in [0.25, 0.3) is 0 Å². The smallest absolute Gasteiger partial charge is 0.315 e. The van der Waals surface area contributed by atoms with Crippen LogP contribution in [-0.2, 0) is 11.2 Å². The molecule has 0 aliphatic heterocycles. The van der Waals surface area contributed by atoms with Gasteiger partial charge in [0, 0.05) is 5.02 Å². The minimum atomic E-state index is -0.274. The van der Waals surface area contributed by atoms with Gasteiger partial charge >= 0.3 is 5.97 Å². The molecule has 0 aliphatic rings. The second-order valence-corrected chi connectivity index (χ2v) is 5.44. The van der Waals surface area contributed by atoms with Gasteiger partial charge < -0.3 is 4.74 Å². The Morgan fingerprint density at radius 2 is 1.65 bits per heavy atom. The Morgan fingerprint density at radius 3 is 2.20 bits per heavy atom. The van der Waals surface area contributed by atoms with Gasteiger partial charge in [0.15, 0.2) is 0 Å². The van der Waals surface area contributed by atoms with E-state index in [0.717, 1.165) is 5.56 Å². The first kappa shape index (κ1) is 14.6. The summed E-state index contributed by atoms with van der Waals surface area (Å²) in [5.74, 6) is 0.770. The van der Waals surface area contributed by atoms with Gasteiger partial charge in [-0.15, -0.1) is 0 Å². The molecule has 0 spiro atoms. The number of ether oxygens (including phenoxy) is 1. The van der Waals surface area contributed by atoms with E-state index in [4.69, 9.17) is 16.3 Å². The van der Waals surface area contributed by atoms with Crippen molar-refractivity contribution in [2.24, 2.45) is 0 Å². The van der Waals surface area contributed by atoms with E-state index in [1.54, 1.807) is 12.1 Å². The number of hydrogen-bond acceptors (Lipinski definition) is 2. The Morgan fingerprint density at radius 1 is 1.05 bits per heavy atom. The third-order valence-electron chi connectivity index (χ3n) is 3.04. The van der Waals surface area contributed by atoms with Gasteiger partial charge in [-0.05, 0) is 41.3 Å². The van der Waals surface area contributed by atoms with Crippen LogP contribution in [0.1, 0.15) is 30.9 Å². The van der Waals surface area contributed by atoms with Crippen molar-refractivity contribution in [2.45, 2.75) is 26.2 Å². The monoisotopic (exact) mass is 288 g/mol. The first-order valence-corrected chi connectivity index (χ1v) is 6.97. The number of carbonyl (C=O) groups is 1. The van der Waals surface area contributed by atoms with E-state index in [1.807, 2.05) is 36.4 Å². The second-order valence-electron chi connectivity index (χ2n) is 5.00. The Hall–Kier alpha value is -1.80. The average Bonchev–Trinajstić information content (AvgIpc) is 2.42. The molecule has 0 saturated heterocycles. The maximum absolute atomic E-state index is 11.8. The zero-order valence-corrected chi connectivity index (χ0v) is 12.4. The first-order chi connectivity index (χ1) is 9.54. The quantitative estimate of drug-likeness (QED) is 0.606. The summed E-state index contributed by atoms with van der Waals surface area (Å²) in [5, 5.41) is 0.659. The standard InChI is InChI=1S/C17H17ClO2/c1-12(2)14-5-9-16(10-6-14)20-17(19)11-13-3-7-15(18)8-4-13/h3-10,12H,11H2,1-2H3. The van der Waals surface area contributed by atoms with E-state index in [0.29, 0.717) is 16.7 Å². The molecule has 0 atom stereocenters. The summed E-state index contributed by atoms with van der Waals surface area (Å²) < 4.78 is 5.31. The van der Waals surface area contributed by atoms with Crippen molar-refractivity contribution in [3.05, 3.63) is 64.7 Å². The molecule has 0 saturated carbocycles. The largest absolute Gasteiger partial charge is 0.426 e. The second kappa shape index (κ2) is 6.58. The number of hydrogen-bond donors (Lipinski definition) is 0. The molecule has 2 aromatic rings. The summed E-state index contributed by atoms with van der Waals surface area (Å²) in [6.45, 7) is 4.25. The SMILES string of the molecule is CC(C)c1ccc(OC(=O)Cc2ccc(Cl)cc2)cc1. The van der Waals surface area contributed by atoms with Crippen LogP contribution >= 0.6 is 11.6 Å². The summed E-state index contributed by atoms with van der Waals surface area (Å²) in [7, 11) is 0. The normalized spacial score (nSPS) is 10.6. The highest BCUT2D eigenvalue weighted by molar-refractivity contribution is 6.30. The van der Waals surface area contributed by atoms with Crippen LogP contribution in [0.15, 0.2) is 48.5 Å². The lowest BCUT2D eigenvalue weighted by Crippen LogP contribution is -2.11. The first-order valence-electron chi connectivity index (χ1n) is 6.59. The van der Waals surface area contributed by atoms with Crippen molar-refractivity contribution in [1.82, 2.24) is 0 Å². The van der Waals surface area contributed by atoms with E-state index >= 15 is 0 Å². The molecule has 20 heavy (non-hydrogen) atoms. The van der Waals surface area contributed by atoms with Crippen molar-refractivity contribution in [1.29, 1.82) is 0 Å². The summed E-state index contributed by atoms with van der Waals surface area (Å²) in [4.78, 5) is 11.8. The number of rotatable bonds is 4.